The largest absolute Gasteiger partial charge is 0.493 e. The van der Waals surface area contributed by atoms with E-state index in [1.54, 1.807) is 12.0 Å². The molecule has 0 bridgehead atoms. The summed E-state index contributed by atoms with van der Waals surface area (Å²) in [5.41, 5.74) is -0.0514. The predicted octanol–water partition coefficient (Wildman–Crippen LogP) is 2.36. The van der Waals surface area contributed by atoms with E-state index in [1.165, 1.54) is 0 Å². The maximum Gasteiger partial charge on any atom is 0.312 e. The first-order valence-electron chi connectivity index (χ1n) is 9.27. The number of aliphatic carboxylic acids is 1. The number of likely N-dealkylation sites (tertiary alicyclic amines) is 1. The first kappa shape index (κ1) is 18.7. The van der Waals surface area contributed by atoms with Crippen LogP contribution in [-0.2, 0) is 20.7 Å². The van der Waals surface area contributed by atoms with Gasteiger partial charge in [0.05, 0.1) is 12.0 Å². The zero-order valence-electron chi connectivity index (χ0n) is 15.3. The number of unbranched alkanes of at least 4 members (excludes halogenated alkanes) is 2. The van der Waals surface area contributed by atoms with Crippen LogP contribution in [0.5, 0.6) is 5.75 Å². The van der Waals surface area contributed by atoms with Crippen molar-refractivity contribution in [1.29, 1.82) is 0 Å². The Labute approximate surface area is 154 Å². The van der Waals surface area contributed by atoms with Crippen LogP contribution in [0.4, 0.5) is 0 Å². The van der Waals surface area contributed by atoms with Gasteiger partial charge in [-0.3, -0.25) is 9.59 Å². The molecule has 26 heavy (non-hydrogen) atoms. The van der Waals surface area contributed by atoms with Crippen molar-refractivity contribution in [3.63, 3.8) is 0 Å². The molecule has 0 unspecified atom stereocenters. The van der Waals surface area contributed by atoms with Crippen molar-refractivity contribution in [2.24, 2.45) is 11.3 Å². The first-order valence-corrected chi connectivity index (χ1v) is 9.27. The van der Waals surface area contributed by atoms with Gasteiger partial charge in [0.1, 0.15) is 5.75 Å². The fourth-order valence-corrected chi connectivity index (χ4v) is 4.07. The second kappa shape index (κ2) is 8.08. The number of ether oxygens (including phenoxy) is 2. The third-order valence-electron chi connectivity index (χ3n) is 5.63. The van der Waals surface area contributed by atoms with Gasteiger partial charge < -0.3 is 19.5 Å². The lowest BCUT2D eigenvalue weighted by Crippen LogP contribution is -2.42. The molecule has 0 aromatic heterocycles. The van der Waals surface area contributed by atoms with Crippen LogP contribution in [0.3, 0.4) is 0 Å². The Balaban J connectivity index is 1.68. The third kappa shape index (κ3) is 3.70. The summed E-state index contributed by atoms with van der Waals surface area (Å²) in [5.74, 6) is -0.217. The number of carboxylic acid groups (broad SMARTS) is 1. The van der Waals surface area contributed by atoms with Crippen molar-refractivity contribution in [3.05, 3.63) is 29.8 Å². The molecule has 142 valence electrons. The van der Waals surface area contributed by atoms with Gasteiger partial charge >= 0.3 is 5.97 Å². The summed E-state index contributed by atoms with van der Waals surface area (Å²) in [6.07, 6.45) is 3.56. The second-order valence-corrected chi connectivity index (χ2v) is 7.33. The van der Waals surface area contributed by atoms with Crippen molar-refractivity contribution in [2.45, 2.75) is 32.1 Å². The van der Waals surface area contributed by atoms with Crippen molar-refractivity contribution in [2.75, 3.05) is 33.4 Å². The molecular formula is C20H27NO5. The topological polar surface area (TPSA) is 76.1 Å². The Morgan fingerprint density at radius 1 is 1.31 bits per heavy atom. The molecule has 0 spiro atoms. The van der Waals surface area contributed by atoms with Gasteiger partial charge in [0.2, 0.25) is 5.91 Å². The number of rotatable bonds is 7. The van der Waals surface area contributed by atoms with Crippen molar-refractivity contribution >= 4 is 11.9 Å². The smallest absolute Gasteiger partial charge is 0.312 e. The Bertz CT molecular complexity index is 661. The molecule has 1 N–H and O–H groups in total. The number of nitrogens with zero attached hydrogens (tertiary/aromatic N) is 1. The molecule has 2 atom stereocenters. The standard InChI is InChI=1S/C20H27NO5/c1-25-10-6-2-3-9-18(22)21-12-16-13-26-17-8-5-4-7-15(17)11-20(16,14-21)19(23)24/h4-5,7-8,16H,2-3,6,9-14H2,1H3,(H,23,24)/t16-,20+/m0/s1. The SMILES string of the molecule is COCCCCCC(=O)N1C[C@H]2COc3ccccc3C[C@@]2(C(=O)O)C1. The number of benzene rings is 1. The van der Waals surface area contributed by atoms with Gasteiger partial charge in [-0.15, -0.1) is 0 Å². The van der Waals surface area contributed by atoms with Gasteiger partial charge in [-0.1, -0.05) is 24.6 Å². The van der Waals surface area contributed by atoms with Crippen LogP contribution in [0, 0.1) is 11.3 Å². The Hall–Kier alpha value is -2.08. The summed E-state index contributed by atoms with van der Waals surface area (Å²) in [6.45, 7) is 1.76. The van der Waals surface area contributed by atoms with E-state index in [9.17, 15) is 14.7 Å². The fourth-order valence-electron chi connectivity index (χ4n) is 4.07. The molecule has 2 aliphatic rings. The number of hydrogen-bond acceptors (Lipinski definition) is 4. The monoisotopic (exact) mass is 361 g/mol. The molecule has 1 aromatic carbocycles. The molecule has 1 fully saturated rings. The average molecular weight is 361 g/mol. The molecule has 1 amide bonds. The lowest BCUT2D eigenvalue weighted by molar-refractivity contribution is -0.151. The minimum atomic E-state index is -0.960. The molecular weight excluding hydrogens is 334 g/mol. The highest BCUT2D eigenvalue weighted by molar-refractivity contribution is 5.81. The quantitative estimate of drug-likeness (QED) is 0.755. The summed E-state index contributed by atoms with van der Waals surface area (Å²) in [5, 5.41) is 10.0. The number of hydrogen-bond donors (Lipinski definition) is 1. The Morgan fingerprint density at radius 2 is 2.12 bits per heavy atom. The highest BCUT2D eigenvalue weighted by Gasteiger charge is 2.54. The number of carboxylic acids is 1. The van der Waals surface area contributed by atoms with E-state index in [1.807, 2.05) is 24.3 Å². The van der Waals surface area contributed by atoms with Crippen LogP contribution in [0.1, 0.15) is 31.2 Å². The minimum Gasteiger partial charge on any atom is -0.493 e. The number of para-hydroxylation sites is 1. The highest BCUT2D eigenvalue weighted by atomic mass is 16.5. The van der Waals surface area contributed by atoms with Crippen LogP contribution in [0.15, 0.2) is 24.3 Å². The third-order valence-corrected chi connectivity index (χ3v) is 5.63. The Kier molecular flexibility index (Phi) is 5.81. The number of methoxy groups -OCH3 is 1. The number of amides is 1. The summed E-state index contributed by atoms with van der Waals surface area (Å²) < 4.78 is 10.9. The predicted molar refractivity (Wildman–Crippen MR) is 96.1 cm³/mol. The fraction of sp³-hybridized carbons (Fsp3) is 0.600. The van der Waals surface area contributed by atoms with E-state index in [0.29, 0.717) is 32.6 Å². The first-order chi connectivity index (χ1) is 12.6. The molecule has 6 nitrogen and oxygen atoms in total. The second-order valence-electron chi connectivity index (χ2n) is 7.33. The molecule has 6 heteroatoms. The van der Waals surface area contributed by atoms with Crippen molar-refractivity contribution in [3.8, 4) is 5.75 Å². The van der Waals surface area contributed by atoms with Crippen LogP contribution in [-0.4, -0.2) is 55.3 Å². The molecule has 0 aliphatic carbocycles. The number of carbonyl (C=O) groups excluding carboxylic acids is 1. The van der Waals surface area contributed by atoms with E-state index in [2.05, 4.69) is 0 Å². The van der Waals surface area contributed by atoms with Crippen LogP contribution >= 0.6 is 0 Å². The van der Waals surface area contributed by atoms with E-state index < -0.39 is 11.4 Å². The van der Waals surface area contributed by atoms with Crippen molar-refractivity contribution < 1.29 is 24.2 Å². The lowest BCUT2D eigenvalue weighted by atomic mass is 9.74. The molecule has 1 saturated heterocycles. The zero-order valence-corrected chi connectivity index (χ0v) is 15.3. The Morgan fingerprint density at radius 3 is 2.88 bits per heavy atom. The van der Waals surface area contributed by atoms with E-state index in [0.717, 1.165) is 30.6 Å². The summed E-state index contributed by atoms with van der Waals surface area (Å²) in [6, 6.07) is 7.60. The molecule has 3 rings (SSSR count). The minimum absolute atomic E-state index is 0.0457. The molecule has 1 aromatic rings. The van der Waals surface area contributed by atoms with E-state index in [-0.39, 0.29) is 18.4 Å². The summed E-state index contributed by atoms with van der Waals surface area (Å²) in [4.78, 5) is 26.5. The van der Waals surface area contributed by atoms with Gasteiger partial charge in [-0.2, -0.15) is 0 Å². The summed E-state index contributed by atoms with van der Waals surface area (Å²) in [7, 11) is 1.67. The van der Waals surface area contributed by atoms with Crippen molar-refractivity contribution in [1.82, 2.24) is 4.90 Å². The highest BCUT2D eigenvalue weighted by Crippen LogP contribution is 2.44. The number of fused-ring (bicyclic) bond motifs is 2. The van der Waals surface area contributed by atoms with E-state index >= 15 is 0 Å². The summed E-state index contributed by atoms with van der Waals surface area (Å²) >= 11 is 0. The van der Waals surface area contributed by atoms with Crippen LogP contribution in [0.2, 0.25) is 0 Å². The molecule has 0 saturated carbocycles. The maximum absolute atomic E-state index is 12.6. The van der Waals surface area contributed by atoms with Crippen LogP contribution < -0.4 is 4.74 Å². The van der Waals surface area contributed by atoms with Gasteiger partial charge in [-0.05, 0) is 30.9 Å². The zero-order chi connectivity index (χ0) is 18.6. The molecule has 0 radical (unpaired) electrons. The van der Waals surface area contributed by atoms with Gasteiger partial charge in [-0.25, -0.2) is 0 Å². The lowest BCUT2D eigenvalue weighted by Gasteiger charge is -2.27. The molecule has 2 aliphatic heterocycles. The van der Waals surface area contributed by atoms with Gasteiger partial charge in [0, 0.05) is 39.1 Å². The van der Waals surface area contributed by atoms with Crippen LogP contribution in [0.25, 0.3) is 0 Å². The number of carbonyl (C=O) groups is 2. The van der Waals surface area contributed by atoms with E-state index in [4.69, 9.17) is 9.47 Å². The van der Waals surface area contributed by atoms with Gasteiger partial charge in [0.25, 0.3) is 0 Å². The maximum atomic E-state index is 12.6. The normalized spacial score (nSPS) is 24.3. The molecule has 2 heterocycles. The van der Waals surface area contributed by atoms with Gasteiger partial charge in [0.15, 0.2) is 0 Å². The average Bonchev–Trinajstić information content (AvgIpc) is 2.93.